The van der Waals surface area contributed by atoms with Crippen LogP contribution in [0.5, 0.6) is 0 Å². The third kappa shape index (κ3) is 2.72. The maximum absolute atomic E-state index is 10.9. The van der Waals surface area contributed by atoms with Crippen LogP contribution in [0.2, 0.25) is 0 Å². The summed E-state index contributed by atoms with van der Waals surface area (Å²) in [6.07, 6.45) is 1.83. The second-order valence-electron chi connectivity index (χ2n) is 4.05. The van der Waals surface area contributed by atoms with E-state index in [1.807, 2.05) is 24.4 Å². The molecule has 0 saturated carbocycles. The molecule has 18 heavy (non-hydrogen) atoms. The number of hydrogen-bond donors (Lipinski definition) is 4. The first kappa shape index (κ1) is 13.1. The van der Waals surface area contributed by atoms with Crippen molar-refractivity contribution in [2.75, 3.05) is 6.54 Å². The van der Waals surface area contributed by atoms with E-state index in [0.717, 1.165) is 20.9 Å². The molecule has 0 spiro atoms. The number of H-pyrrole nitrogens is 1. The first-order valence-corrected chi connectivity index (χ1v) is 6.31. The number of rotatable bonds is 4. The Morgan fingerprint density at radius 1 is 1.56 bits per heavy atom. The zero-order valence-corrected chi connectivity index (χ0v) is 11.4. The standard InChI is InChI=1S/C12H14BrN3O2/c1-7(17)14-6-12(16-18)10-5-15-11-3-2-8(13)4-9(10)11/h2-5,12,15-16,18H,6H2,1H3,(H,14,17). The molecule has 4 N–H and O–H groups in total. The SMILES string of the molecule is CC(=O)NCC(NO)c1c[nH]c2ccc(Br)cc12. The van der Waals surface area contributed by atoms with Crippen molar-refractivity contribution in [1.82, 2.24) is 15.8 Å². The van der Waals surface area contributed by atoms with Crippen molar-refractivity contribution >= 4 is 32.7 Å². The highest BCUT2D eigenvalue weighted by molar-refractivity contribution is 9.10. The summed E-state index contributed by atoms with van der Waals surface area (Å²) in [6, 6.07) is 5.52. The molecule has 0 saturated heterocycles. The molecule has 0 aliphatic rings. The summed E-state index contributed by atoms with van der Waals surface area (Å²) in [6.45, 7) is 1.77. The van der Waals surface area contributed by atoms with Crippen LogP contribution in [0.3, 0.4) is 0 Å². The van der Waals surface area contributed by atoms with Crippen LogP contribution in [-0.2, 0) is 4.79 Å². The molecule has 1 aromatic carbocycles. The maximum Gasteiger partial charge on any atom is 0.216 e. The van der Waals surface area contributed by atoms with E-state index in [0.29, 0.717) is 6.54 Å². The molecule has 2 aromatic rings. The van der Waals surface area contributed by atoms with Gasteiger partial charge in [0.15, 0.2) is 0 Å². The topological polar surface area (TPSA) is 77.2 Å². The third-order valence-electron chi connectivity index (χ3n) is 2.76. The predicted molar refractivity (Wildman–Crippen MR) is 72.3 cm³/mol. The number of benzene rings is 1. The largest absolute Gasteiger partial charge is 0.361 e. The summed E-state index contributed by atoms with van der Waals surface area (Å²) in [5, 5.41) is 12.9. The van der Waals surface area contributed by atoms with Crippen molar-refractivity contribution in [2.45, 2.75) is 13.0 Å². The number of carbonyl (C=O) groups is 1. The lowest BCUT2D eigenvalue weighted by molar-refractivity contribution is -0.119. The van der Waals surface area contributed by atoms with Crippen LogP contribution in [0.1, 0.15) is 18.5 Å². The lowest BCUT2D eigenvalue weighted by Gasteiger charge is -2.14. The number of fused-ring (bicyclic) bond motifs is 1. The second kappa shape index (κ2) is 5.51. The Hall–Kier alpha value is -1.37. The fourth-order valence-electron chi connectivity index (χ4n) is 1.87. The van der Waals surface area contributed by atoms with Gasteiger partial charge in [0.2, 0.25) is 5.91 Å². The Morgan fingerprint density at radius 2 is 2.33 bits per heavy atom. The number of hydrogen-bond acceptors (Lipinski definition) is 3. The van der Waals surface area contributed by atoms with Gasteiger partial charge in [-0.1, -0.05) is 15.9 Å². The zero-order chi connectivity index (χ0) is 13.1. The highest BCUT2D eigenvalue weighted by atomic mass is 79.9. The summed E-state index contributed by atoms with van der Waals surface area (Å²) >= 11 is 3.42. The van der Waals surface area contributed by atoms with Gasteiger partial charge in [-0.05, 0) is 23.8 Å². The average molecular weight is 312 g/mol. The van der Waals surface area contributed by atoms with E-state index in [4.69, 9.17) is 0 Å². The first-order valence-electron chi connectivity index (χ1n) is 5.52. The molecule has 1 aromatic heterocycles. The van der Waals surface area contributed by atoms with E-state index in [2.05, 4.69) is 31.7 Å². The van der Waals surface area contributed by atoms with Crippen LogP contribution in [0.15, 0.2) is 28.9 Å². The van der Waals surface area contributed by atoms with Crippen molar-refractivity contribution < 1.29 is 10.0 Å². The van der Waals surface area contributed by atoms with Crippen molar-refractivity contribution in [3.63, 3.8) is 0 Å². The van der Waals surface area contributed by atoms with E-state index in [-0.39, 0.29) is 11.9 Å². The lowest BCUT2D eigenvalue weighted by atomic mass is 10.1. The van der Waals surface area contributed by atoms with Gasteiger partial charge in [0.25, 0.3) is 0 Å². The van der Waals surface area contributed by atoms with Gasteiger partial charge in [-0.3, -0.25) is 4.79 Å². The number of nitrogens with one attached hydrogen (secondary N) is 3. The van der Waals surface area contributed by atoms with Gasteiger partial charge >= 0.3 is 0 Å². The highest BCUT2D eigenvalue weighted by Gasteiger charge is 2.15. The fourth-order valence-corrected chi connectivity index (χ4v) is 2.23. The van der Waals surface area contributed by atoms with Crippen LogP contribution >= 0.6 is 15.9 Å². The third-order valence-corrected chi connectivity index (χ3v) is 3.26. The Balaban J connectivity index is 2.32. The van der Waals surface area contributed by atoms with Crippen LogP contribution in [-0.4, -0.2) is 22.6 Å². The van der Waals surface area contributed by atoms with Crippen LogP contribution in [0.4, 0.5) is 0 Å². The highest BCUT2D eigenvalue weighted by Crippen LogP contribution is 2.26. The number of hydroxylamine groups is 1. The molecule has 0 bridgehead atoms. The summed E-state index contributed by atoms with van der Waals surface area (Å²) in [4.78, 5) is 14.0. The summed E-state index contributed by atoms with van der Waals surface area (Å²) < 4.78 is 0.965. The van der Waals surface area contributed by atoms with Crippen molar-refractivity contribution in [2.24, 2.45) is 0 Å². The minimum absolute atomic E-state index is 0.128. The Kier molecular flexibility index (Phi) is 4.00. The molecular formula is C12H14BrN3O2. The smallest absolute Gasteiger partial charge is 0.216 e. The number of carbonyl (C=O) groups excluding carboxylic acids is 1. The molecule has 5 nitrogen and oxygen atoms in total. The molecule has 2 rings (SSSR count). The lowest BCUT2D eigenvalue weighted by Crippen LogP contribution is -2.32. The Labute approximate surface area is 113 Å². The maximum atomic E-state index is 10.9. The van der Waals surface area contributed by atoms with Gasteiger partial charge in [-0.2, -0.15) is 5.48 Å². The van der Waals surface area contributed by atoms with Gasteiger partial charge < -0.3 is 15.5 Å². The molecular weight excluding hydrogens is 298 g/mol. The summed E-state index contributed by atoms with van der Waals surface area (Å²) in [5.41, 5.74) is 4.11. The molecule has 1 unspecified atom stereocenters. The summed E-state index contributed by atoms with van der Waals surface area (Å²) in [5.74, 6) is -0.128. The van der Waals surface area contributed by atoms with Gasteiger partial charge in [0.05, 0.1) is 6.04 Å². The van der Waals surface area contributed by atoms with E-state index < -0.39 is 0 Å². The number of halogens is 1. The molecule has 0 aliphatic heterocycles. The van der Waals surface area contributed by atoms with Gasteiger partial charge in [0, 0.05) is 35.0 Å². The van der Waals surface area contributed by atoms with Crippen molar-refractivity contribution in [3.05, 3.63) is 34.4 Å². The molecule has 0 fully saturated rings. The Bertz CT molecular complexity index is 567. The van der Waals surface area contributed by atoms with E-state index in [1.54, 1.807) is 0 Å². The predicted octanol–water partition coefficient (Wildman–Crippen LogP) is 2.09. The van der Waals surface area contributed by atoms with Crippen molar-refractivity contribution in [3.8, 4) is 0 Å². The summed E-state index contributed by atoms with van der Waals surface area (Å²) in [7, 11) is 0. The van der Waals surface area contributed by atoms with Gasteiger partial charge in [-0.25, -0.2) is 0 Å². The molecule has 0 radical (unpaired) electrons. The monoisotopic (exact) mass is 311 g/mol. The van der Waals surface area contributed by atoms with E-state index in [9.17, 15) is 10.0 Å². The van der Waals surface area contributed by atoms with E-state index in [1.165, 1.54) is 6.92 Å². The number of aromatic amines is 1. The van der Waals surface area contributed by atoms with E-state index >= 15 is 0 Å². The molecule has 0 aliphatic carbocycles. The van der Waals surface area contributed by atoms with Crippen LogP contribution in [0, 0.1) is 0 Å². The van der Waals surface area contributed by atoms with Gasteiger partial charge in [-0.15, -0.1) is 0 Å². The fraction of sp³-hybridized carbons (Fsp3) is 0.250. The molecule has 6 heteroatoms. The second-order valence-corrected chi connectivity index (χ2v) is 4.97. The van der Waals surface area contributed by atoms with Crippen molar-refractivity contribution in [1.29, 1.82) is 0 Å². The van der Waals surface area contributed by atoms with Crippen LogP contribution in [0.25, 0.3) is 10.9 Å². The zero-order valence-electron chi connectivity index (χ0n) is 9.83. The normalized spacial score (nSPS) is 12.6. The molecule has 1 atom stereocenters. The molecule has 1 heterocycles. The Morgan fingerprint density at radius 3 is 3.00 bits per heavy atom. The minimum Gasteiger partial charge on any atom is -0.361 e. The number of aromatic nitrogens is 1. The number of amides is 1. The average Bonchev–Trinajstić information content (AvgIpc) is 2.73. The van der Waals surface area contributed by atoms with Gasteiger partial charge in [0.1, 0.15) is 0 Å². The molecule has 1 amide bonds. The minimum atomic E-state index is -0.350. The quantitative estimate of drug-likeness (QED) is 0.653. The molecule has 96 valence electrons. The first-order chi connectivity index (χ1) is 8.61. The van der Waals surface area contributed by atoms with Crippen LogP contribution < -0.4 is 10.8 Å².